The minimum atomic E-state index is -3.48. The summed E-state index contributed by atoms with van der Waals surface area (Å²) in [6.07, 6.45) is 1.82. The van der Waals surface area contributed by atoms with Gasteiger partial charge in [0.2, 0.25) is 4.87 Å². The van der Waals surface area contributed by atoms with Crippen molar-refractivity contribution in [3.8, 4) is 0 Å². The Bertz CT molecular complexity index is 226. The zero-order valence-corrected chi connectivity index (χ0v) is 9.78. The van der Waals surface area contributed by atoms with Gasteiger partial charge in [-0.1, -0.05) is 13.8 Å². The van der Waals surface area contributed by atoms with E-state index in [-0.39, 0.29) is 7.43 Å². The van der Waals surface area contributed by atoms with Crippen LogP contribution >= 0.6 is 0 Å². The predicted molar refractivity (Wildman–Crippen MR) is 53.2 cm³/mol. The first-order valence-corrected chi connectivity index (χ1v) is 5.50. The Morgan fingerprint density at radius 2 is 1.85 bits per heavy atom. The Morgan fingerprint density at radius 1 is 1.38 bits per heavy atom. The van der Waals surface area contributed by atoms with Gasteiger partial charge < -0.3 is 13.2 Å². The van der Waals surface area contributed by atoms with Gasteiger partial charge in [0.05, 0.1) is 7.11 Å². The summed E-state index contributed by atoms with van der Waals surface area (Å²) in [7, 11) is -2.30. The molecule has 0 heterocycles. The van der Waals surface area contributed by atoms with Crippen molar-refractivity contribution in [2.24, 2.45) is 0 Å². The molecule has 82 valence electrons. The topological polar surface area (TPSA) is 71.0 Å². The fourth-order valence-electron chi connectivity index (χ4n) is 1.11. The number of hydrogen-bond acceptors (Lipinski definition) is 3. The van der Waals surface area contributed by atoms with E-state index in [1.165, 1.54) is 7.11 Å². The molecule has 0 amide bonds. The van der Waals surface area contributed by atoms with Crippen LogP contribution in [0.5, 0.6) is 0 Å². The average molecular weight is 211 g/mol. The first-order valence-electron chi connectivity index (χ1n) is 4.09. The molecule has 3 N–H and O–H groups in total. The third kappa shape index (κ3) is 3.25. The van der Waals surface area contributed by atoms with Crippen LogP contribution in [-0.2, 0) is 14.3 Å². The molecule has 0 aromatic heterocycles. The quantitative estimate of drug-likeness (QED) is 0.533. The number of hydrogen-bond donors (Lipinski definition) is 1. The monoisotopic (exact) mass is 211 g/mol. The van der Waals surface area contributed by atoms with Crippen LogP contribution in [0.3, 0.4) is 0 Å². The number of rotatable bonds is 5. The van der Waals surface area contributed by atoms with Gasteiger partial charge in [0.25, 0.3) is 0 Å². The third-order valence-corrected chi connectivity index (χ3v) is 4.09. The Morgan fingerprint density at radius 3 is 2.08 bits per heavy atom. The van der Waals surface area contributed by atoms with E-state index in [1.807, 2.05) is 6.92 Å². The standard InChI is InChI=1S/C7H17NO3S.CH3/c1-4-6-7(8,5-2)12(9,10)11-3;/h4-6,8H2,1-3H3;1H3/q;-1/p+1. The van der Waals surface area contributed by atoms with Crippen molar-refractivity contribution in [2.45, 2.75) is 38.0 Å². The normalized spacial score (nSPS) is 16.0. The summed E-state index contributed by atoms with van der Waals surface area (Å²) < 4.78 is 27.2. The molecular formula is C8H21NO3S. The molecule has 0 fully saturated rings. The lowest BCUT2D eigenvalue weighted by Crippen LogP contribution is -2.76. The molecule has 0 aromatic rings. The molecule has 0 rings (SSSR count). The summed E-state index contributed by atoms with van der Waals surface area (Å²) >= 11 is 0. The molecule has 0 spiro atoms. The fourth-order valence-corrected chi connectivity index (χ4v) is 2.27. The van der Waals surface area contributed by atoms with Crippen molar-refractivity contribution in [1.82, 2.24) is 0 Å². The van der Waals surface area contributed by atoms with Crippen LogP contribution in [0.4, 0.5) is 0 Å². The van der Waals surface area contributed by atoms with Crippen LogP contribution in [0, 0.1) is 7.43 Å². The molecule has 0 aliphatic rings. The summed E-state index contributed by atoms with van der Waals surface area (Å²) in [5.74, 6) is 0. The first-order chi connectivity index (χ1) is 5.43. The average Bonchev–Trinajstić information content (AvgIpc) is 2.04. The van der Waals surface area contributed by atoms with Gasteiger partial charge >= 0.3 is 10.1 Å². The molecule has 0 saturated carbocycles. The molecule has 0 aliphatic carbocycles. The second-order valence-corrected chi connectivity index (χ2v) is 5.01. The van der Waals surface area contributed by atoms with Gasteiger partial charge in [0.15, 0.2) is 0 Å². The molecule has 4 nitrogen and oxygen atoms in total. The van der Waals surface area contributed by atoms with Crippen LogP contribution in [0.15, 0.2) is 0 Å². The van der Waals surface area contributed by atoms with E-state index in [0.29, 0.717) is 12.8 Å². The zero-order chi connectivity index (χ0) is 9.83. The van der Waals surface area contributed by atoms with E-state index >= 15 is 0 Å². The first kappa shape index (κ1) is 15.3. The second-order valence-electron chi connectivity index (χ2n) is 2.91. The van der Waals surface area contributed by atoms with Gasteiger partial charge in [-0.05, 0) is 6.42 Å². The maximum Gasteiger partial charge on any atom is 0.324 e. The van der Waals surface area contributed by atoms with Crippen molar-refractivity contribution in [2.75, 3.05) is 7.11 Å². The van der Waals surface area contributed by atoms with Gasteiger partial charge in [-0.3, -0.25) is 4.18 Å². The Kier molecular flexibility index (Phi) is 6.57. The Balaban J connectivity index is 0. The van der Waals surface area contributed by atoms with Gasteiger partial charge in [-0.25, -0.2) is 0 Å². The van der Waals surface area contributed by atoms with E-state index in [0.717, 1.165) is 6.42 Å². The van der Waals surface area contributed by atoms with Crippen molar-refractivity contribution >= 4 is 10.1 Å². The largest absolute Gasteiger partial charge is 0.358 e. The highest BCUT2D eigenvalue weighted by molar-refractivity contribution is 7.87. The van der Waals surface area contributed by atoms with Gasteiger partial charge in [0, 0.05) is 12.8 Å². The summed E-state index contributed by atoms with van der Waals surface area (Å²) in [5, 5.41) is 0. The van der Waals surface area contributed by atoms with Gasteiger partial charge in [0.1, 0.15) is 0 Å². The second kappa shape index (κ2) is 5.57. The molecule has 0 aromatic carbocycles. The smallest absolute Gasteiger partial charge is 0.324 e. The van der Waals surface area contributed by atoms with Crippen LogP contribution in [0.25, 0.3) is 0 Å². The highest BCUT2D eigenvalue weighted by Crippen LogP contribution is 2.20. The minimum absolute atomic E-state index is 0. The van der Waals surface area contributed by atoms with Crippen molar-refractivity contribution < 1.29 is 18.3 Å². The van der Waals surface area contributed by atoms with E-state index in [1.54, 1.807) is 6.92 Å². The molecule has 13 heavy (non-hydrogen) atoms. The fraction of sp³-hybridized carbons (Fsp3) is 0.875. The van der Waals surface area contributed by atoms with E-state index in [2.05, 4.69) is 9.92 Å². The molecule has 0 radical (unpaired) electrons. The maximum atomic E-state index is 11.4. The summed E-state index contributed by atoms with van der Waals surface area (Å²) in [6.45, 7) is 3.74. The molecule has 0 aliphatic heterocycles. The molecule has 0 saturated heterocycles. The predicted octanol–water partition coefficient (Wildman–Crippen LogP) is 0.561. The summed E-state index contributed by atoms with van der Waals surface area (Å²) in [4.78, 5) is -0.962. The highest BCUT2D eigenvalue weighted by Gasteiger charge is 2.41. The third-order valence-electron chi connectivity index (χ3n) is 2.10. The van der Waals surface area contributed by atoms with Gasteiger partial charge in [-0.15, -0.1) is 0 Å². The summed E-state index contributed by atoms with van der Waals surface area (Å²) in [5.41, 5.74) is 3.71. The molecule has 1 atom stereocenters. The highest BCUT2D eigenvalue weighted by atomic mass is 32.2. The van der Waals surface area contributed by atoms with Crippen LogP contribution in [0.2, 0.25) is 0 Å². The van der Waals surface area contributed by atoms with Crippen LogP contribution in [-0.4, -0.2) is 20.4 Å². The lowest BCUT2D eigenvalue weighted by molar-refractivity contribution is -0.446. The van der Waals surface area contributed by atoms with E-state index < -0.39 is 15.0 Å². The Labute approximate surface area is 81.6 Å². The molecule has 0 bridgehead atoms. The lowest BCUT2D eigenvalue weighted by Gasteiger charge is -2.21. The minimum Gasteiger partial charge on any atom is -0.358 e. The number of quaternary nitrogens is 1. The zero-order valence-electron chi connectivity index (χ0n) is 8.96. The SMILES string of the molecule is CCCC([NH3+])(CC)S(=O)(=O)OC.[CH3-]. The van der Waals surface area contributed by atoms with Gasteiger partial charge in [-0.2, -0.15) is 8.42 Å². The van der Waals surface area contributed by atoms with Crippen molar-refractivity contribution in [3.63, 3.8) is 0 Å². The summed E-state index contributed by atoms with van der Waals surface area (Å²) in [6, 6.07) is 0. The molecule has 5 heteroatoms. The van der Waals surface area contributed by atoms with Crippen molar-refractivity contribution in [1.29, 1.82) is 0 Å². The Hall–Kier alpha value is -0.130. The lowest BCUT2D eigenvalue weighted by atomic mass is 10.1. The van der Waals surface area contributed by atoms with Crippen molar-refractivity contribution in [3.05, 3.63) is 7.43 Å². The van der Waals surface area contributed by atoms with Crippen LogP contribution in [0.1, 0.15) is 33.1 Å². The van der Waals surface area contributed by atoms with E-state index in [4.69, 9.17) is 0 Å². The maximum absolute atomic E-state index is 11.4. The molecular weight excluding hydrogens is 190 g/mol. The van der Waals surface area contributed by atoms with E-state index in [9.17, 15) is 8.42 Å². The van der Waals surface area contributed by atoms with Crippen LogP contribution < -0.4 is 5.73 Å². The molecule has 1 unspecified atom stereocenters.